The molecule has 0 radical (unpaired) electrons. The molecule has 1 heterocycles. The second kappa shape index (κ2) is 6.89. The van der Waals surface area contributed by atoms with Gasteiger partial charge in [-0.2, -0.15) is 0 Å². The van der Waals surface area contributed by atoms with Crippen LogP contribution in [0.3, 0.4) is 0 Å². The predicted molar refractivity (Wildman–Crippen MR) is 76.9 cm³/mol. The number of piperidine rings is 1. The molecule has 6 heteroatoms. The van der Waals surface area contributed by atoms with E-state index in [0.29, 0.717) is 31.0 Å². The second-order valence-corrected chi connectivity index (χ2v) is 5.70. The Hall–Kier alpha value is -1.62. The average molecular weight is 314 g/mol. The van der Waals surface area contributed by atoms with E-state index in [1.807, 2.05) is 0 Å². The summed E-state index contributed by atoms with van der Waals surface area (Å²) in [7, 11) is 0. The topological polar surface area (TPSA) is 57.6 Å². The van der Waals surface area contributed by atoms with Gasteiger partial charge in [-0.3, -0.25) is 9.59 Å². The third-order valence-electron chi connectivity index (χ3n) is 3.83. The molecule has 1 aliphatic rings. The zero-order chi connectivity index (χ0) is 15.4. The third-order valence-corrected chi connectivity index (χ3v) is 4.14. The number of carbonyl (C=O) groups is 2. The molecule has 0 saturated carbocycles. The van der Waals surface area contributed by atoms with E-state index in [-0.39, 0.29) is 17.4 Å². The van der Waals surface area contributed by atoms with Gasteiger partial charge in [-0.15, -0.1) is 0 Å². The normalized spacial score (nSPS) is 16.0. The third kappa shape index (κ3) is 4.17. The van der Waals surface area contributed by atoms with Crippen LogP contribution in [-0.2, 0) is 4.79 Å². The molecular weight excluding hydrogens is 297 g/mol. The maximum absolute atomic E-state index is 13.0. The molecule has 1 fully saturated rings. The smallest absolute Gasteiger partial charge is 0.303 e. The summed E-state index contributed by atoms with van der Waals surface area (Å²) >= 11 is 5.90. The van der Waals surface area contributed by atoms with Gasteiger partial charge in [0.2, 0.25) is 0 Å². The van der Waals surface area contributed by atoms with Crippen molar-refractivity contribution in [2.24, 2.45) is 5.92 Å². The highest BCUT2D eigenvalue weighted by Crippen LogP contribution is 2.25. The van der Waals surface area contributed by atoms with Gasteiger partial charge < -0.3 is 10.0 Å². The quantitative estimate of drug-likeness (QED) is 0.928. The van der Waals surface area contributed by atoms with Gasteiger partial charge in [-0.25, -0.2) is 4.39 Å². The van der Waals surface area contributed by atoms with Gasteiger partial charge in [0.05, 0.1) is 10.6 Å². The Morgan fingerprint density at radius 2 is 2.00 bits per heavy atom. The molecule has 21 heavy (non-hydrogen) atoms. The Morgan fingerprint density at radius 3 is 2.57 bits per heavy atom. The Kier molecular flexibility index (Phi) is 5.17. The molecule has 0 unspecified atom stereocenters. The number of aliphatic carboxylic acids is 1. The average Bonchev–Trinajstić information content (AvgIpc) is 2.45. The number of carboxylic acid groups (broad SMARTS) is 1. The minimum Gasteiger partial charge on any atom is -0.481 e. The number of nitrogens with zero attached hydrogens (tertiary/aromatic N) is 1. The van der Waals surface area contributed by atoms with Crippen LogP contribution in [0.25, 0.3) is 0 Å². The number of benzene rings is 1. The molecule has 1 aromatic rings. The predicted octanol–water partition coefficient (Wildman–Crippen LogP) is 3.20. The van der Waals surface area contributed by atoms with Crippen molar-refractivity contribution in [3.8, 4) is 0 Å². The Balaban J connectivity index is 1.92. The lowest BCUT2D eigenvalue weighted by Crippen LogP contribution is -2.38. The molecule has 1 N–H and O–H groups in total. The molecule has 2 rings (SSSR count). The summed E-state index contributed by atoms with van der Waals surface area (Å²) in [6.45, 7) is 1.16. The molecule has 1 amide bonds. The van der Waals surface area contributed by atoms with Crippen LogP contribution in [0.1, 0.15) is 36.0 Å². The van der Waals surface area contributed by atoms with Gasteiger partial charge >= 0.3 is 5.97 Å². The number of halogens is 2. The molecular formula is C15H17ClFNO3. The van der Waals surface area contributed by atoms with Crippen molar-refractivity contribution in [1.29, 1.82) is 0 Å². The second-order valence-electron chi connectivity index (χ2n) is 5.29. The van der Waals surface area contributed by atoms with Gasteiger partial charge in [0.15, 0.2) is 0 Å². The first-order valence-electron chi connectivity index (χ1n) is 6.93. The van der Waals surface area contributed by atoms with Crippen molar-refractivity contribution >= 4 is 23.5 Å². The van der Waals surface area contributed by atoms with Gasteiger partial charge in [-0.1, -0.05) is 11.6 Å². The minimum absolute atomic E-state index is 0.119. The maximum atomic E-state index is 13.0. The van der Waals surface area contributed by atoms with Crippen molar-refractivity contribution in [2.45, 2.75) is 25.7 Å². The summed E-state index contributed by atoms with van der Waals surface area (Å²) in [5.74, 6) is -1.11. The number of rotatable bonds is 4. The number of likely N-dealkylation sites (tertiary alicyclic amines) is 1. The van der Waals surface area contributed by atoms with E-state index in [2.05, 4.69) is 0 Å². The molecule has 1 aliphatic heterocycles. The van der Waals surface area contributed by atoms with Gasteiger partial charge in [0, 0.05) is 19.5 Å². The number of carbonyl (C=O) groups excluding carboxylic acids is 1. The Labute approximate surface area is 127 Å². The van der Waals surface area contributed by atoms with E-state index in [9.17, 15) is 14.0 Å². The molecule has 0 spiro atoms. The highest BCUT2D eigenvalue weighted by atomic mass is 35.5. The summed E-state index contributed by atoms with van der Waals surface area (Å²) in [4.78, 5) is 24.6. The molecule has 0 aliphatic carbocycles. The van der Waals surface area contributed by atoms with Crippen LogP contribution in [-0.4, -0.2) is 35.0 Å². The molecule has 0 bridgehead atoms. The standard InChI is InChI=1S/C15H17ClFNO3/c16-13-9-11(17)2-3-12(13)15(21)18-7-5-10(6-8-18)1-4-14(19)20/h2-3,9-10H,1,4-8H2,(H,19,20). The lowest BCUT2D eigenvalue weighted by atomic mass is 9.92. The number of hydrogen-bond acceptors (Lipinski definition) is 2. The number of amides is 1. The largest absolute Gasteiger partial charge is 0.481 e. The van der Waals surface area contributed by atoms with Crippen LogP contribution < -0.4 is 0 Å². The van der Waals surface area contributed by atoms with Crippen LogP contribution in [0.5, 0.6) is 0 Å². The number of carboxylic acids is 1. The maximum Gasteiger partial charge on any atom is 0.303 e. The van der Waals surface area contributed by atoms with E-state index in [1.54, 1.807) is 4.90 Å². The summed E-state index contributed by atoms with van der Waals surface area (Å²) in [6, 6.07) is 3.75. The first-order valence-corrected chi connectivity index (χ1v) is 7.31. The lowest BCUT2D eigenvalue weighted by Gasteiger charge is -2.32. The minimum atomic E-state index is -0.786. The van der Waals surface area contributed by atoms with Crippen molar-refractivity contribution in [3.63, 3.8) is 0 Å². The van der Waals surface area contributed by atoms with Crippen molar-refractivity contribution < 1.29 is 19.1 Å². The molecule has 1 aromatic carbocycles. The van der Waals surface area contributed by atoms with E-state index >= 15 is 0 Å². The van der Waals surface area contributed by atoms with Crippen LogP contribution in [0.15, 0.2) is 18.2 Å². The molecule has 4 nitrogen and oxygen atoms in total. The Morgan fingerprint density at radius 1 is 1.33 bits per heavy atom. The van der Waals surface area contributed by atoms with E-state index < -0.39 is 11.8 Å². The van der Waals surface area contributed by atoms with E-state index in [0.717, 1.165) is 18.9 Å². The lowest BCUT2D eigenvalue weighted by molar-refractivity contribution is -0.137. The van der Waals surface area contributed by atoms with Gasteiger partial charge in [0.1, 0.15) is 5.82 Å². The molecule has 114 valence electrons. The summed E-state index contributed by atoms with van der Waals surface area (Å²) in [5.41, 5.74) is 0.307. The van der Waals surface area contributed by atoms with Crippen LogP contribution in [0.4, 0.5) is 4.39 Å². The molecule has 0 aromatic heterocycles. The van der Waals surface area contributed by atoms with Crippen LogP contribution in [0.2, 0.25) is 5.02 Å². The summed E-state index contributed by atoms with van der Waals surface area (Å²) in [6.07, 6.45) is 2.40. The molecule has 1 saturated heterocycles. The fourth-order valence-electron chi connectivity index (χ4n) is 2.59. The highest BCUT2D eigenvalue weighted by Gasteiger charge is 2.25. The zero-order valence-corrected chi connectivity index (χ0v) is 12.3. The van der Waals surface area contributed by atoms with Gasteiger partial charge in [0.25, 0.3) is 5.91 Å². The zero-order valence-electron chi connectivity index (χ0n) is 11.5. The first kappa shape index (κ1) is 15.8. The fraction of sp³-hybridized carbons (Fsp3) is 0.467. The Bertz CT molecular complexity index is 542. The SMILES string of the molecule is O=C(O)CCC1CCN(C(=O)c2ccc(F)cc2Cl)CC1. The number of hydrogen-bond donors (Lipinski definition) is 1. The molecule has 0 atom stereocenters. The van der Waals surface area contributed by atoms with Crippen molar-refractivity contribution in [2.75, 3.05) is 13.1 Å². The highest BCUT2D eigenvalue weighted by molar-refractivity contribution is 6.33. The van der Waals surface area contributed by atoms with E-state index in [4.69, 9.17) is 16.7 Å². The fourth-order valence-corrected chi connectivity index (χ4v) is 2.83. The van der Waals surface area contributed by atoms with Crippen LogP contribution in [0, 0.1) is 11.7 Å². The first-order chi connectivity index (χ1) is 9.97. The van der Waals surface area contributed by atoms with Crippen molar-refractivity contribution in [3.05, 3.63) is 34.6 Å². The summed E-state index contributed by atoms with van der Waals surface area (Å²) < 4.78 is 13.0. The van der Waals surface area contributed by atoms with Gasteiger partial charge in [-0.05, 0) is 43.4 Å². The van der Waals surface area contributed by atoms with Crippen LogP contribution >= 0.6 is 11.6 Å². The monoisotopic (exact) mass is 313 g/mol. The summed E-state index contributed by atoms with van der Waals surface area (Å²) in [5, 5.41) is 8.79. The van der Waals surface area contributed by atoms with E-state index in [1.165, 1.54) is 12.1 Å². The van der Waals surface area contributed by atoms with Crippen molar-refractivity contribution in [1.82, 2.24) is 4.90 Å².